The van der Waals surface area contributed by atoms with Gasteiger partial charge in [0.05, 0.1) is 24.8 Å². The molecule has 0 aliphatic carbocycles. The van der Waals surface area contributed by atoms with E-state index in [9.17, 15) is 18.0 Å². The molecule has 1 aromatic rings. The summed E-state index contributed by atoms with van der Waals surface area (Å²) < 4.78 is 44.2. The van der Waals surface area contributed by atoms with Gasteiger partial charge in [-0.1, -0.05) is 15.9 Å². The van der Waals surface area contributed by atoms with Crippen LogP contribution in [0.15, 0.2) is 22.7 Å². The highest BCUT2D eigenvalue weighted by atomic mass is 79.9. The van der Waals surface area contributed by atoms with E-state index < -0.39 is 29.7 Å². The number of aliphatic carboxylic acids is 1. The van der Waals surface area contributed by atoms with Crippen molar-refractivity contribution in [3.8, 4) is 0 Å². The molecule has 1 aromatic carbocycles. The van der Waals surface area contributed by atoms with E-state index >= 15 is 0 Å². The smallest absolute Gasteiger partial charge is 0.418 e. The minimum atomic E-state index is -4.51. The van der Waals surface area contributed by atoms with E-state index in [1.807, 2.05) is 0 Å². The summed E-state index contributed by atoms with van der Waals surface area (Å²) in [7, 11) is 0. The zero-order valence-electron chi connectivity index (χ0n) is 10.1. The number of benzene rings is 1. The zero-order valence-corrected chi connectivity index (χ0v) is 11.7. The summed E-state index contributed by atoms with van der Waals surface area (Å²) >= 11 is 3.10. The van der Waals surface area contributed by atoms with Gasteiger partial charge in [0.25, 0.3) is 0 Å². The summed E-state index contributed by atoms with van der Waals surface area (Å²) in [6.07, 6.45) is -4.51. The number of anilines is 1. The van der Waals surface area contributed by atoms with Crippen LogP contribution in [-0.4, -0.2) is 30.3 Å². The molecule has 2 N–H and O–H groups in total. The number of halogens is 4. The van der Waals surface area contributed by atoms with Gasteiger partial charge in [-0.15, -0.1) is 0 Å². The van der Waals surface area contributed by atoms with E-state index in [4.69, 9.17) is 9.84 Å². The van der Waals surface area contributed by atoms with Crippen molar-refractivity contribution in [1.82, 2.24) is 0 Å². The molecule has 8 heteroatoms. The zero-order chi connectivity index (χ0) is 14.9. The fraction of sp³-hybridized carbons (Fsp3) is 0.417. The molecule has 2 rings (SSSR count). The van der Waals surface area contributed by atoms with Crippen molar-refractivity contribution in [2.75, 3.05) is 18.5 Å². The summed E-state index contributed by atoms with van der Waals surface area (Å²) in [6.45, 7) is 0.0448. The largest absolute Gasteiger partial charge is 0.481 e. The minimum absolute atomic E-state index is 0.0116. The topological polar surface area (TPSA) is 58.6 Å². The summed E-state index contributed by atoms with van der Waals surface area (Å²) in [5, 5.41) is 11.6. The maximum Gasteiger partial charge on any atom is 0.418 e. The highest BCUT2D eigenvalue weighted by Gasteiger charge is 2.37. The van der Waals surface area contributed by atoms with Gasteiger partial charge in [-0.3, -0.25) is 4.79 Å². The molecule has 1 heterocycles. The Hall–Kier alpha value is -1.28. The molecule has 0 bridgehead atoms. The van der Waals surface area contributed by atoms with Crippen LogP contribution in [0.2, 0.25) is 0 Å². The molecule has 1 aliphatic rings. The van der Waals surface area contributed by atoms with Gasteiger partial charge in [-0.05, 0) is 18.2 Å². The molecular weight excluding hydrogens is 343 g/mol. The number of hydrogen-bond donors (Lipinski definition) is 2. The Morgan fingerprint density at radius 3 is 2.70 bits per heavy atom. The van der Waals surface area contributed by atoms with Gasteiger partial charge in [0.2, 0.25) is 0 Å². The molecule has 1 aliphatic heterocycles. The normalized spacial score (nSPS) is 22.8. The number of carboxylic acid groups (broad SMARTS) is 1. The summed E-state index contributed by atoms with van der Waals surface area (Å²) in [5.74, 6) is -1.96. The lowest BCUT2D eigenvalue weighted by molar-refractivity contribution is -0.141. The number of ether oxygens (including phenoxy) is 1. The fourth-order valence-corrected chi connectivity index (χ4v) is 2.38. The van der Waals surface area contributed by atoms with Gasteiger partial charge in [0, 0.05) is 10.2 Å². The molecule has 0 aromatic heterocycles. The average molecular weight is 354 g/mol. The standard InChI is InChI=1S/C12H11BrF3NO3/c13-6-1-2-8(12(14,15)16)9(3-6)17-10-5-20-4-7(10)11(18)19/h1-3,7,10,17H,4-5H2,(H,18,19). The third-order valence-corrected chi connectivity index (χ3v) is 3.52. The van der Waals surface area contributed by atoms with Crippen molar-refractivity contribution in [3.63, 3.8) is 0 Å². The van der Waals surface area contributed by atoms with Crippen LogP contribution in [-0.2, 0) is 15.7 Å². The monoisotopic (exact) mass is 353 g/mol. The van der Waals surface area contributed by atoms with Crippen molar-refractivity contribution in [2.24, 2.45) is 5.92 Å². The van der Waals surface area contributed by atoms with Gasteiger partial charge in [0.15, 0.2) is 0 Å². The Kier molecular flexibility index (Phi) is 4.24. The number of carboxylic acids is 1. The molecule has 0 radical (unpaired) electrons. The second kappa shape index (κ2) is 5.61. The van der Waals surface area contributed by atoms with Crippen LogP contribution < -0.4 is 5.32 Å². The lowest BCUT2D eigenvalue weighted by Crippen LogP contribution is -2.33. The van der Waals surface area contributed by atoms with Crippen molar-refractivity contribution in [1.29, 1.82) is 0 Å². The van der Waals surface area contributed by atoms with Crippen LogP contribution in [0.5, 0.6) is 0 Å². The van der Waals surface area contributed by atoms with Crippen LogP contribution in [0.4, 0.5) is 18.9 Å². The van der Waals surface area contributed by atoms with Crippen molar-refractivity contribution in [2.45, 2.75) is 12.2 Å². The molecular formula is C12H11BrF3NO3. The summed E-state index contributed by atoms with van der Waals surface area (Å²) in [5.41, 5.74) is -0.995. The van der Waals surface area contributed by atoms with E-state index in [0.29, 0.717) is 4.47 Å². The highest BCUT2D eigenvalue weighted by molar-refractivity contribution is 9.10. The molecule has 20 heavy (non-hydrogen) atoms. The predicted molar refractivity (Wildman–Crippen MR) is 68.5 cm³/mol. The first kappa shape index (κ1) is 15.1. The molecule has 1 fully saturated rings. The van der Waals surface area contributed by atoms with Crippen molar-refractivity contribution < 1.29 is 27.8 Å². The Bertz CT molecular complexity index is 521. The SMILES string of the molecule is O=C(O)C1COCC1Nc1cc(Br)ccc1C(F)(F)F. The second-order valence-corrected chi connectivity index (χ2v) is 5.34. The van der Waals surface area contributed by atoms with Crippen LogP contribution in [0.25, 0.3) is 0 Å². The first-order valence-electron chi connectivity index (χ1n) is 5.73. The highest BCUT2D eigenvalue weighted by Crippen LogP contribution is 2.37. The number of nitrogens with one attached hydrogen (secondary N) is 1. The average Bonchev–Trinajstić information content (AvgIpc) is 2.75. The third kappa shape index (κ3) is 3.24. The first-order valence-corrected chi connectivity index (χ1v) is 6.52. The fourth-order valence-electron chi connectivity index (χ4n) is 2.02. The lowest BCUT2D eigenvalue weighted by atomic mass is 10.0. The summed E-state index contributed by atoms with van der Waals surface area (Å²) in [4.78, 5) is 11.0. The number of hydrogen-bond acceptors (Lipinski definition) is 3. The van der Waals surface area contributed by atoms with Gasteiger partial charge in [-0.2, -0.15) is 13.2 Å². The molecule has 0 amide bonds. The van der Waals surface area contributed by atoms with E-state index in [1.165, 1.54) is 12.1 Å². The second-order valence-electron chi connectivity index (χ2n) is 4.42. The van der Waals surface area contributed by atoms with Crippen LogP contribution in [0.1, 0.15) is 5.56 Å². The van der Waals surface area contributed by atoms with Crippen LogP contribution in [0, 0.1) is 5.92 Å². The van der Waals surface area contributed by atoms with Gasteiger partial charge in [-0.25, -0.2) is 0 Å². The predicted octanol–water partition coefficient (Wildman–Crippen LogP) is 2.98. The van der Waals surface area contributed by atoms with E-state index in [0.717, 1.165) is 6.07 Å². The molecule has 1 saturated heterocycles. The van der Waals surface area contributed by atoms with E-state index in [-0.39, 0.29) is 18.9 Å². The molecule has 2 atom stereocenters. The number of rotatable bonds is 3. The summed E-state index contributed by atoms with van der Waals surface area (Å²) in [6, 6.07) is 2.81. The lowest BCUT2D eigenvalue weighted by Gasteiger charge is -2.20. The first-order chi connectivity index (χ1) is 9.29. The quantitative estimate of drug-likeness (QED) is 0.876. The molecule has 0 saturated carbocycles. The molecule has 0 spiro atoms. The number of carbonyl (C=O) groups is 1. The minimum Gasteiger partial charge on any atom is -0.481 e. The molecule has 110 valence electrons. The molecule has 4 nitrogen and oxygen atoms in total. The Morgan fingerprint density at radius 1 is 1.40 bits per heavy atom. The van der Waals surface area contributed by atoms with Crippen molar-refractivity contribution >= 4 is 27.6 Å². The Morgan fingerprint density at radius 2 is 2.10 bits per heavy atom. The maximum atomic E-state index is 12.9. The van der Waals surface area contributed by atoms with Crippen LogP contribution >= 0.6 is 15.9 Å². The Balaban J connectivity index is 2.28. The van der Waals surface area contributed by atoms with Crippen molar-refractivity contribution in [3.05, 3.63) is 28.2 Å². The third-order valence-electron chi connectivity index (χ3n) is 3.03. The van der Waals surface area contributed by atoms with Gasteiger partial charge < -0.3 is 15.2 Å². The Labute approximate surface area is 121 Å². The van der Waals surface area contributed by atoms with E-state index in [1.54, 1.807) is 0 Å². The van der Waals surface area contributed by atoms with E-state index in [2.05, 4.69) is 21.2 Å². The van der Waals surface area contributed by atoms with Crippen LogP contribution in [0.3, 0.4) is 0 Å². The maximum absolute atomic E-state index is 12.9. The molecule has 2 unspecified atom stereocenters. The van der Waals surface area contributed by atoms with Gasteiger partial charge in [0.1, 0.15) is 5.92 Å². The number of alkyl halides is 3. The van der Waals surface area contributed by atoms with Gasteiger partial charge >= 0.3 is 12.1 Å².